The van der Waals surface area contributed by atoms with Crippen LogP contribution in [0.3, 0.4) is 0 Å². The summed E-state index contributed by atoms with van der Waals surface area (Å²) < 4.78 is 23.0. The number of nitrogens with one attached hydrogen (secondary N) is 2. The standard InChI is InChI=1S/C15H34N4O2S/c1-7-16-15(18-10-12-22(20,21)8-2)17-9-11-19(13(3)4)14(5)6/h13-14H,7-12H2,1-6H3,(H2,16,17,18). The smallest absolute Gasteiger partial charge is 0.191 e. The lowest BCUT2D eigenvalue weighted by Gasteiger charge is -2.29. The SMILES string of the molecule is CCNC(=NCCN(C(C)C)C(C)C)NCCS(=O)(=O)CC. The van der Waals surface area contributed by atoms with Crippen molar-refractivity contribution in [2.24, 2.45) is 4.99 Å². The van der Waals surface area contributed by atoms with Crippen LogP contribution in [0.15, 0.2) is 4.99 Å². The van der Waals surface area contributed by atoms with Gasteiger partial charge >= 0.3 is 0 Å². The first-order valence-corrected chi connectivity index (χ1v) is 10.0. The molecule has 0 unspecified atom stereocenters. The topological polar surface area (TPSA) is 73.8 Å². The zero-order valence-corrected chi connectivity index (χ0v) is 15.8. The van der Waals surface area contributed by atoms with Gasteiger partial charge in [-0.05, 0) is 34.6 Å². The van der Waals surface area contributed by atoms with E-state index in [1.165, 1.54) is 0 Å². The van der Waals surface area contributed by atoms with Crippen LogP contribution in [0.25, 0.3) is 0 Å². The Labute approximate surface area is 136 Å². The van der Waals surface area contributed by atoms with Crippen molar-refractivity contribution in [2.75, 3.05) is 37.7 Å². The highest BCUT2D eigenvalue weighted by Crippen LogP contribution is 2.03. The highest BCUT2D eigenvalue weighted by molar-refractivity contribution is 7.91. The molecule has 7 heteroatoms. The Hall–Kier alpha value is -0.820. The molecule has 6 nitrogen and oxygen atoms in total. The third-order valence-corrected chi connectivity index (χ3v) is 5.15. The fraction of sp³-hybridized carbons (Fsp3) is 0.933. The average molecular weight is 335 g/mol. The van der Waals surface area contributed by atoms with E-state index < -0.39 is 9.84 Å². The van der Waals surface area contributed by atoms with Crippen LogP contribution in [0, 0.1) is 0 Å². The first-order valence-electron chi connectivity index (χ1n) is 8.21. The molecule has 0 radical (unpaired) electrons. The molecule has 0 aromatic heterocycles. The molecule has 0 aromatic carbocycles. The first kappa shape index (κ1) is 21.2. The number of nitrogens with zero attached hydrogens (tertiary/aromatic N) is 2. The molecule has 0 aromatic rings. The molecule has 0 heterocycles. The fourth-order valence-corrected chi connectivity index (χ4v) is 2.90. The van der Waals surface area contributed by atoms with Crippen molar-refractivity contribution < 1.29 is 8.42 Å². The molecule has 0 saturated heterocycles. The van der Waals surface area contributed by atoms with Gasteiger partial charge < -0.3 is 10.6 Å². The van der Waals surface area contributed by atoms with Crippen molar-refractivity contribution in [3.8, 4) is 0 Å². The Kier molecular flexibility index (Phi) is 10.4. The van der Waals surface area contributed by atoms with E-state index in [1.54, 1.807) is 6.92 Å². The van der Waals surface area contributed by atoms with E-state index in [0.29, 0.717) is 31.1 Å². The molecule has 0 aliphatic heterocycles. The van der Waals surface area contributed by atoms with Crippen LogP contribution in [0.4, 0.5) is 0 Å². The third kappa shape index (κ3) is 9.25. The number of sulfone groups is 1. The molecular weight excluding hydrogens is 300 g/mol. The molecule has 0 spiro atoms. The van der Waals surface area contributed by atoms with Crippen LogP contribution < -0.4 is 10.6 Å². The number of hydrogen-bond acceptors (Lipinski definition) is 4. The quantitative estimate of drug-likeness (QED) is 0.462. The van der Waals surface area contributed by atoms with E-state index in [1.807, 2.05) is 6.92 Å². The van der Waals surface area contributed by atoms with Gasteiger partial charge in [-0.2, -0.15) is 0 Å². The van der Waals surface area contributed by atoms with Crippen LogP contribution in [0.2, 0.25) is 0 Å². The predicted octanol–water partition coefficient (Wildman–Crippen LogP) is 1.10. The van der Waals surface area contributed by atoms with Gasteiger partial charge in [-0.3, -0.25) is 9.89 Å². The van der Waals surface area contributed by atoms with Gasteiger partial charge in [0.15, 0.2) is 15.8 Å². The number of hydrogen-bond donors (Lipinski definition) is 2. The van der Waals surface area contributed by atoms with E-state index in [4.69, 9.17) is 0 Å². The largest absolute Gasteiger partial charge is 0.357 e. The van der Waals surface area contributed by atoms with Gasteiger partial charge in [0, 0.05) is 37.5 Å². The second kappa shape index (κ2) is 10.8. The van der Waals surface area contributed by atoms with Crippen LogP contribution >= 0.6 is 0 Å². The second-order valence-electron chi connectivity index (χ2n) is 5.85. The van der Waals surface area contributed by atoms with Crippen molar-refractivity contribution in [3.05, 3.63) is 0 Å². The van der Waals surface area contributed by atoms with Gasteiger partial charge in [-0.1, -0.05) is 6.92 Å². The van der Waals surface area contributed by atoms with Gasteiger partial charge in [0.1, 0.15) is 0 Å². The fourth-order valence-electron chi connectivity index (χ4n) is 2.20. The molecule has 0 fully saturated rings. The summed E-state index contributed by atoms with van der Waals surface area (Å²) in [5.74, 6) is 0.999. The average Bonchev–Trinajstić information content (AvgIpc) is 2.42. The van der Waals surface area contributed by atoms with Gasteiger partial charge in [-0.15, -0.1) is 0 Å². The van der Waals surface area contributed by atoms with Gasteiger partial charge in [0.25, 0.3) is 0 Å². The Bertz CT molecular complexity index is 411. The van der Waals surface area contributed by atoms with Gasteiger partial charge in [0.05, 0.1) is 12.3 Å². The van der Waals surface area contributed by atoms with Gasteiger partial charge in [-0.25, -0.2) is 8.42 Å². The summed E-state index contributed by atoms with van der Waals surface area (Å²) in [6.45, 7) is 15.1. The number of rotatable bonds is 10. The van der Waals surface area contributed by atoms with E-state index in [-0.39, 0.29) is 11.5 Å². The highest BCUT2D eigenvalue weighted by Gasteiger charge is 2.12. The van der Waals surface area contributed by atoms with Crippen molar-refractivity contribution in [3.63, 3.8) is 0 Å². The lowest BCUT2D eigenvalue weighted by atomic mass is 10.2. The van der Waals surface area contributed by atoms with Crippen molar-refractivity contribution >= 4 is 15.8 Å². The molecule has 0 saturated carbocycles. The molecular formula is C15H34N4O2S. The Balaban J connectivity index is 4.42. The van der Waals surface area contributed by atoms with Crippen molar-refractivity contribution in [1.82, 2.24) is 15.5 Å². The molecule has 0 aliphatic rings. The summed E-state index contributed by atoms with van der Waals surface area (Å²) >= 11 is 0. The zero-order valence-electron chi connectivity index (χ0n) is 15.0. The molecule has 132 valence electrons. The summed E-state index contributed by atoms with van der Waals surface area (Å²) in [5, 5.41) is 6.23. The normalized spacial score (nSPS) is 13.2. The summed E-state index contributed by atoms with van der Waals surface area (Å²) in [4.78, 5) is 6.90. The van der Waals surface area contributed by atoms with Gasteiger partial charge in [0.2, 0.25) is 0 Å². The lowest BCUT2D eigenvalue weighted by Crippen LogP contribution is -2.41. The van der Waals surface area contributed by atoms with Crippen molar-refractivity contribution in [2.45, 2.75) is 53.6 Å². The minimum Gasteiger partial charge on any atom is -0.357 e. The number of guanidine groups is 1. The van der Waals surface area contributed by atoms with E-state index in [9.17, 15) is 8.42 Å². The summed E-state index contributed by atoms with van der Waals surface area (Å²) in [6.07, 6.45) is 0. The lowest BCUT2D eigenvalue weighted by molar-refractivity contribution is 0.181. The van der Waals surface area contributed by atoms with Crippen LogP contribution in [-0.4, -0.2) is 69.0 Å². The van der Waals surface area contributed by atoms with E-state index in [0.717, 1.165) is 13.1 Å². The van der Waals surface area contributed by atoms with Crippen molar-refractivity contribution in [1.29, 1.82) is 0 Å². The molecule has 0 amide bonds. The van der Waals surface area contributed by atoms with Crippen LogP contribution in [0.1, 0.15) is 41.5 Å². The van der Waals surface area contributed by atoms with Crippen LogP contribution in [0.5, 0.6) is 0 Å². The Morgan fingerprint density at radius 3 is 2.14 bits per heavy atom. The zero-order chi connectivity index (χ0) is 17.2. The highest BCUT2D eigenvalue weighted by atomic mass is 32.2. The summed E-state index contributed by atoms with van der Waals surface area (Å²) in [5.41, 5.74) is 0. The molecule has 2 N–H and O–H groups in total. The summed E-state index contributed by atoms with van der Waals surface area (Å²) in [6, 6.07) is 0.973. The molecule has 0 aliphatic carbocycles. The minimum absolute atomic E-state index is 0.137. The molecule has 0 rings (SSSR count). The minimum atomic E-state index is -2.94. The number of aliphatic imine (C=N–C) groups is 1. The van der Waals surface area contributed by atoms with Crippen LogP contribution in [-0.2, 0) is 9.84 Å². The molecule has 0 bridgehead atoms. The summed E-state index contributed by atoms with van der Waals surface area (Å²) in [7, 11) is -2.94. The monoisotopic (exact) mass is 334 g/mol. The molecule has 22 heavy (non-hydrogen) atoms. The predicted molar refractivity (Wildman–Crippen MR) is 95.3 cm³/mol. The Morgan fingerprint density at radius 2 is 1.68 bits per heavy atom. The maximum Gasteiger partial charge on any atom is 0.191 e. The third-order valence-electron chi connectivity index (χ3n) is 3.44. The first-order chi connectivity index (χ1) is 10.2. The van der Waals surface area contributed by atoms with E-state index in [2.05, 4.69) is 48.2 Å². The second-order valence-corrected chi connectivity index (χ2v) is 8.32. The Morgan fingerprint density at radius 1 is 1.09 bits per heavy atom. The maximum atomic E-state index is 11.5. The van der Waals surface area contributed by atoms with E-state index >= 15 is 0 Å². The maximum absolute atomic E-state index is 11.5. The molecule has 0 atom stereocenters.